The summed E-state index contributed by atoms with van der Waals surface area (Å²) in [6.45, 7) is 6.82. The van der Waals surface area contributed by atoms with Gasteiger partial charge in [0.25, 0.3) is 0 Å². The number of fused-ring (bicyclic) bond motifs is 1. The molecule has 3 heterocycles. The van der Waals surface area contributed by atoms with E-state index in [4.69, 9.17) is 10.5 Å². The summed E-state index contributed by atoms with van der Waals surface area (Å²) in [5.74, 6) is 1.26. The van der Waals surface area contributed by atoms with Crippen molar-refractivity contribution in [1.82, 2.24) is 14.5 Å². The van der Waals surface area contributed by atoms with Gasteiger partial charge in [-0.2, -0.15) is 0 Å². The third kappa shape index (κ3) is 3.74. The SMILES string of the molecule is CC(C)C[C@](C)(N)COc1cncc(-n2ccc3ncccc32)c1. The van der Waals surface area contributed by atoms with Crippen LogP contribution >= 0.6 is 0 Å². The van der Waals surface area contributed by atoms with Gasteiger partial charge in [0.1, 0.15) is 12.4 Å². The van der Waals surface area contributed by atoms with Crippen molar-refractivity contribution in [3.63, 3.8) is 0 Å². The highest BCUT2D eigenvalue weighted by atomic mass is 16.5. The molecule has 0 unspecified atom stereocenters. The van der Waals surface area contributed by atoms with E-state index in [1.165, 1.54) is 0 Å². The van der Waals surface area contributed by atoms with Crippen LogP contribution in [-0.4, -0.2) is 26.7 Å². The molecule has 0 aromatic carbocycles. The van der Waals surface area contributed by atoms with E-state index in [1.54, 1.807) is 12.4 Å². The molecule has 0 aliphatic carbocycles. The maximum atomic E-state index is 6.31. The van der Waals surface area contributed by atoms with Crippen molar-refractivity contribution in [3.8, 4) is 11.4 Å². The number of rotatable bonds is 6. The minimum absolute atomic E-state index is 0.353. The summed E-state index contributed by atoms with van der Waals surface area (Å²) in [5.41, 5.74) is 8.90. The Hall–Kier alpha value is -2.40. The molecule has 0 spiro atoms. The van der Waals surface area contributed by atoms with Gasteiger partial charge in [-0.3, -0.25) is 9.97 Å². The molecule has 5 heteroatoms. The molecule has 0 saturated heterocycles. The minimum atomic E-state index is -0.353. The van der Waals surface area contributed by atoms with E-state index in [9.17, 15) is 0 Å². The van der Waals surface area contributed by atoms with Gasteiger partial charge in [0, 0.05) is 24.0 Å². The molecule has 0 radical (unpaired) electrons. The topological polar surface area (TPSA) is 66.0 Å². The Morgan fingerprint density at radius 3 is 2.92 bits per heavy atom. The van der Waals surface area contributed by atoms with E-state index in [0.29, 0.717) is 12.5 Å². The van der Waals surface area contributed by atoms with Crippen LogP contribution in [0.25, 0.3) is 16.7 Å². The molecule has 126 valence electrons. The Labute approximate surface area is 142 Å². The number of nitrogens with two attached hydrogens (primary N) is 1. The molecule has 0 saturated carbocycles. The Bertz CT molecular complexity index is 823. The summed E-state index contributed by atoms with van der Waals surface area (Å²) < 4.78 is 7.96. The lowest BCUT2D eigenvalue weighted by Gasteiger charge is -2.26. The van der Waals surface area contributed by atoms with Crippen LogP contribution in [0.15, 0.2) is 49.1 Å². The minimum Gasteiger partial charge on any atom is -0.490 e. The van der Waals surface area contributed by atoms with Gasteiger partial charge in [-0.1, -0.05) is 13.8 Å². The van der Waals surface area contributed by atoms with Gasteiger partial charge in [0.2, 0.25) is 0 Å². The molecular weight excluding hydrogens is 300 g/mol. The zero-order valence-corrected chi connectivity index (χ0v) is 14.4. The van der Waals surface area contributed by atoms with E-state index >= 15 is 0 Å². The molecule has 0 aliphatic rings. The lowest BCUT2D eigenvalue weighted by molar-refractivity contribution is 0.206. The summed E-state index contributed by atoms with van der Waals surface area (Å²) in [4.78, 5) is 8.66. The van der Waals surface area contributed by atoms with Crippen molar-refractivity contribution in [1.29, 1.82) is 0 Å². The van der Waals surface area contributed by atoms with Crippen LogP contribution in [0, 0.1) is 5.92 Å². The fraction of sp³-hybridized carbons (Fsp3) is 0.368. The average molecular weight is 324 g/mol. The molecule has 3 aromatic rings. The van der Waals surface area contributed by atoms with Crippen molar-refractivity contribution in [2.45, 2.75) is 32.7 Å². The van der Waals surface area contributed by atoms with Crippen LogP contribution in [0.5, 0.6) is 5.75 Å². The molecule has 5 nitrogen and oxygen atoms in total. The number of hydrogen-bond acceptors (Lipinski definition) is 4. The average Bonchev–Trinajstić information content (AvgIpc) is 2.96. The first-order valence-corrected chi connectivity index (χ1v) is 8.24. The summed E-state index contributed by atoms with van der Waals surface area (Å²) in [6.07, 6.45) is 8.23. The first kappa shape index (κ1) is 16.5. The van der Waals surface area contributed by atoms with E-state index in [2.05, 4.69) is 28.4 Å². The van der Waals surface area contributed by atoms with Crippen molar-refractivity contribution in [2.24, 2.45) is 11.7 Å². The molecule has 1 atom stereocenters. The Kier molecular flexibility index (Phi) is 4.53. The molecule has 0 amide bonds. The maximum Gasteiger partial charge on any atom is 0.139 e. The maximum absolute atomic E-state index is 6.31. The van der Waals surface area contributed by atoms with Crippen LogP contribution in [-0.2, 0) is 0 Å². The summed E-state index contributed by atoms with van der Waals surface area (Å²) >= 11 is 0. The smallest absolute Gasteiger partial charge is 0.139 e. The zero-order valence-electron chi connectivity index (χ0n) is 14.4. The van der Waals surface area contributed by atoms with Gasteiger partial charge in [0.05, 0.1) is 29.1 Å². The Morgan fingerprint density at radius 2 is 2.12 bits per heavy atom. The molecular formula is C19H24N4O. The van der Waals surface area contributed by atoms with Crippen LogP contribution < -0.4 is 10.5 Å². The molecule has 24 heavy (non-hydrogen) atoms. The highest BCUT2D eigenvalue weighted by Gasteiger charge is 2.21. The molecule has 0 bridgehead atoms. The standard InChI is InChI=1S/C19H24N4O/c1-14(2)10-19(3,20)13-24-16-9-15(11-21-12-16)23-8-6-17-18(23)5-4-7-22-17/h4-9,11-12,14H,10,13,20H2,1-3H3/t19-/m0/s1. The Balaban J connectivity index is 1.80. The highest BCUT2D eigenvalue weighted by Crippen LogP contribution is 2.22. The van der Waals surface area contributed by atoms with Gasteiger partial charge in [-0.25, -0.2) is 0 Å². The monoisotopic (exact) mass is 324 g/mol. The lowest BCUT2D eigenvalue weighted by atomic mass is 9.93. The van der Waals surface area contributed by atoms with E-state index < -0.39 is 0 Å². The molecule has 3 aromatic heterocycles. The van der Waals surface area contributed by atoms with Crippen molar-refractivity contribution in [2.75, 3.05) is 6.61 Å². The Morgan fingerprint density at radius 1 is 1.29 bits per heavy atom. The van der Waals surface area contributed by atoms with E-state index in [-0.39, 0.29) is 5.54 Å². The summed E-state index contributed by atoms with van der Waals surface area (Å²) in [5, 5.41) is 0. The zero-order chi connectivity index (χ0) is 17.2. The quantitative estimate of drug-likeness (QED) is 0.753. The van der Waals surface area contributed by atoms with Gasteiger partial charge in [-0.15, -0.1) is 0 Å². The number of aromatic nitrogens is 3. The van der Waals surface area contributed by atoms with Crippen LogP contribution in [0.1, 0.15) is 27.2 Å². The largest absolute Gasteiger partial charge is 0.490 e. The number of ether oxygens (including phenoxy) is 1. The van der Waals surface area contributed by atoms with Crippen molar-refractivity contribution in [3.05, 3.63) is 49.1 Å². The predicted molar refractivity (Wildman–Crippen MR) is 96.4 cm³/mol. The van der Waals surface area contributed by atoms with Crippen molar-refractivity contribution >= 4 is 11.0 Å². The molecule has 0 fully saturated rings. The van der Waals surface area contributed by atoms with Crippen LogP contribution in [0.3, 0.4) is 0 Å². The first-order valence-electron chi connectivity index (χ1n) is 8.24. The van der Waals surface area contributed by atoms with Crippen LogP contribution in [0.4, 0.5) is 0 Å². The molecule has 3 rings (SSSR count). The third-order valence-electron chi connectivity index (χ3n) is 3.88. The van der Waals surface area contributed by atoms with Gasteiger partial charge >= 0.3 is 0 Å². The fourth-order valence-electron chi connectivity index (χ4n) is 3.05. The van der Waals surface area contributed by atoms with E-state index in [1.807, 2.05) is 43.6 Å². The number of hydrogen-bond donors (Lipinski definition) is 1. The second-order valence-electron chi connectivity index (χ2n) is 7.01. The van der Waals surface area contributed by atoms with E-state index in [0.717, 1.165) is 28.9 Å². The number of nitrogens with zero attached hydrogens (tertiary/aromatic N) is 3. The van der Waals surface area contributed by atoms with Crippen LogP contribution in [0.2, 0.25) is 0 Å². The second kappa shape index (κ2) is 6.61. The van der Waals surface area contributed by atoms with Gasteiger partial charge in [0.15, 0.2) is 0 Å². The third-order valence-corrected chi connectivity index (χ3v) is 3.88. The normalized spacial score (nSPS) is 14.0. The molecule has 2 N–H and O–H groups in total. The first-order chi connectivity index (χ1) is 11.4. The lowest BCUT2D eigenvalue weighted by Crippen LogP contribution is -2.43. The fourth-order valence-corrected chi connectivity index (χ4v) is 3.05. The van der Waals surface area contributed by atoms with Crippen molar-refractivity contribution < 1.29 is 4.74 Å². The highest BCUT2D eigenvalue weighted by molar-refractivity contribution is 5.77. The van der Waals surface area contributed by atoms with Gasteiger partial charge < -0.3 is 15.0 Å². The second-order valence-corrected chi connectivity index (χ2v) is 7.01. The summed E-state index contributed by atoms with van der Waals surface area (Å²) in [7, 11) is 0. The van der Waals surface area contributed by atoms with Gasteiger partial charge in [-0.05, 0) is 37.5 Å². The number of pyridine rings is 2. The predicted octanol–water partition coefficient (Wildman–Crippen LogP) is 3.56. The molecule has 0 aliphatic heterocycles. The summed E-state index contributed by atoms with van der Waals surface area (Å²) in [6, 6.07) is 7.93.